The number of nitro benzene ring substituents is 1. The average Bonchev–Trinajstić information content (AvgIpc) is 2.93. The molecule has 0 fully saturated rings. The summed E-state index contributed by atoms with van der Waals surface area (Å²) in [7, 11) is 1.88. The molecule has 0 saturated carbocycles. The molecule has 0 amide bonds. The Hall–Kier alpha value is -1.79. The van der Waals surface area contributed by atoms with Gasteiger partial charge in [-0.1, -0.05) is 18.2 Å². The van der Waals surface area contributed by atoms with Gasteiger partial charge in [0.2, 0.25) is 5.82 Å². The van der Waals surface area contributed by atoms with E-state index in [0.717, 1.165) is 0 Å². The Morgan fingerprint density at radius 2 is 2.15 bits per heavy atom. The van der Waals surface area contributed by atoms with Crippen molar-refractivity contribution in [1.29, 1.82) is 0 Å². The summed E-state index contributed by atoms with van der Waals surface area (Å²) in [4.78, 5) is 13.2. The summed E-state index contributed by atoms with van der Waals surface area (Å²) in [5.74, 6) is -0.747. The predicted molar refractivity (Wildman–Crippen MR) is 77.3 cm³/mol. The first-order valence-corrected chi connectivity index (χ1v) is 7.04. The lowest BCUT2D eigenvalue weighted by molar-refractivity contribution is -0.387. The van der Waals surface area contributed by atoms with Gasteiger partial charge < -0.3 is 0 Å². The number of rotatable bonds is 5. The third-order valence-corrected chi connectivity index (χ3v) is 4.33. The second-order valence-electron chi connectivity index (χ2n) is 4.61. The minimum absolute atomic E-state index is 0.133. The van der Waals surface area contributed by atoms with Crippen LogP contribution in [-0.2, 0) is 6.54 Å². The zero-order valence-corrected chi connectivity index (χ0v) is 12.1. The molecule has 1 atom stereocenters. The third kappa shape index (κ3) is 3.02. The van der Waals surface area contributed by atoms with Gasteiger partial charge in [0.25, 0.3) is 0 Å². The highest BCUT2D eigenvalue weighted by Gasteiger charge is 2.20. The fourth-order valence-electron chi connectivity index (χ4n) is 1.98. The number of benzene rings is 1. The molecule has 0 N–H and O–H groups in total. The van der Waals surface area contributed by atoms with E-state index >= 15 is 0 Å². The molecule has 0 bridgehead atoms. The molecular weight excluding hydrogens is 279 g/mol. The standard InChI is InChI=1S/C14H15FN2O2S/c1-10(13-7-4-8-20-13)16(2)9-11-5-3-6-12(14(11)15)17(18)19/h3-8,10H,9H2,1-2H3. The summed E-state index contributed by atoms with van der Waals surface area (Å²) in [5, 5.41) is 12.7. The Balaban J connectivity index is 2.18. The molecule has 2 rings (SSSR count). The normalized spacial score (nSPS) is 12.6. The van der Waals surface area contributed by atoms with Crippen molar-refractivity contribution in [2.24, 2.45) is 0 Å². The van der Waals surface area contributed by atoms with Gasteiger partial charge >= 0.3 is 5.69 Å². The first-order valence-electron chi connectivity index (χ1n) is 6.16. The highest BCUT2D eigenvalue weighted by Crippen LogP contribution is 2.27. The van der Waals surface area contributed by atoms with E-state index in [-0.39, 0.29) is 6.04 Å². The van der Waals surface area contributed by atoms with Crippen molar-refractivity contribution in [3.05, 3.63) is 62.1 Å². The fraction of sp³-hybridized carbons (Fsp3) is 0.286. The molecule has 0 aliphatic rings. The molecule has 1 aromatic heterocycles. The first-order chi connectivity index (χ1) is 9.50. The highest BCUT2D eigenvalue weighted by molar-refractivity contribution is 7.10. The van der Waals surface area contributed by atoms with Crippen molar-refractivity contribution in [3.63, 3.8) is 0 Å². The van der Waals surface area contributed by atoms with E-state index in [2.05, 4.69) is 0 Å². The number of halogens is 1. The molecule has 1 unspecified atom stereocenters. The van der Waals surface area contributed by atoms with Gasteiger partial charge in [-0.05, 0) is 25.4 Å². The van der Waals surface area contributed by atoms with Gasteiger partial charge in [0.15, 0.2) is 0 Å². The van der Waals surface area contributed by atoms with E-state index < -0.39 is 16.4 Å². The summed E-state index contributed by atoms with van der Waals surface area (Å²) in [6.45, 7) is 2.35. The van der Waals surface area contributed by atoms with Gasteiger partial charge in [-0.25, -0.2) is 0 Å². The topological polar surface area (TPSA) is 46.4 Å². The molecule has 106 valence electrons. The number of nitrogens with zero attached hydrogens (tertiary/aromatic N) is 2. The lowest BCUT2D eigenvalue weighted by atomic mass is 10.1. The third-order valence-electron chi connectivity index (χ3n) is 3.29. The number of hydrogen-bond acceptors (Lipinski definition) is 4. The lowest BCUT2D eigenvalue weighted by Gasteiger charge is -2.23. The molecule has 6 heteroatoms. The molecule has 0 radical (unpaired) electrons. The van der Waals surface area contributed by atoms with Crippen LogP contribution in [0.5, 0.6) is 0 Å². The van der Waals surface area contributed by atoms with Crippen LogP contribution in [0.1, 0.15) is 23.4 Å². The van der Waals surface area contributed by atoms with Gasteiger partial charge in [0, 0.05) is 29.1 Å². The largest absolute Gasteiger partial charge is 0.305 e. The van der Waals surface area contributed by atoms with Gasteiger partial charge in [0.1, 0.15) is 0 Å². The molecule has 1 aromatic carbocycles. The van der Waals surface area contributed by atoms with E-state index in [1.54, 1.807) is 17.4 Å². The highest BCUT2D eigenvalue weighted by atomic mass is 32.1. The molecule has 2 aromatic rings. The Labute approximate surface area is 120 Å². The van der Waals surface area contributed by atoms with E-state index in [4.69, 9.17) is 0 Å². The van der Waals surface area contributed by atoms with Crippen molar-refractivity contribution in [1.82, 2.24) is 4.90 Å². The average molecular weight is 294 g/mol. The Bertz CT molecular complexity index is 601. The Kier molecular flexibility index (Phi) is 4.46. The zero-order valence-electron chi connectivity index (χ0n) is 11.2. The van der Waals surface area contributed by atoms with Crippen LogP contribution >= 0.6 is 11.3 Å². The lowest BCUT2D eigenvalue weighted by Crippen LogP contribution is -2.22. The van der Waals surface area contributed by atoms with Crippen LogP contribution in [0.25, 0.3) is 0 Å². The number of thiophene rings is 1. The maximum Gasteiger partial charge on any atom is 0.305 e. The van der Waals surface area contributed by atoms with E-state index in [9.17, 15) is 14.5 Å². The quantitative estimate of drug-likeness (QED) is 0.619. The van der Waals surface area contributed by atoms with E-state index in [1.807, 2.05) is 36.4 Å². The second kappa shape index (κ2) is 6.11. The number of nitro groups is 1. The summed E-state index contributed by atoms with van der Waals surface area (Å²) < 4.78 is 14.0. The summed E-state index contributed by atoms with van der Waals surface area (Å²) in [6.07, 6.45) is 0. The number of hydrogen-bond donors (Lipinski definition) is 0. The van der Waals surface area contributed by atoms with Crippen LogP contribution < -0.4 is 0 Å². The maximum atomic E-state index is 14.0. The van der Waals surface area contributed by atoms with E-state index in [0.29, 0.717) is 12.1 Å². The van der Waals surface area contributed by atoms with Crippen LogP contribution in [0.4, 0.5) is 10.1 Å². The van der Waals surface area contributed by atoms with Crippen molar-refractivity contribution >= 4 is 17.0 Å². The van der Waals surface area contributed by atoms with Crippen molar-refractivity contribution in [2.45, 2.75) is 19.5 Å². The van der Waals surface area contributed by atoms with Crippen LogP contribution in [0, 0.1) is 15.9 Å². The second-order valence-corrected chi connectivity index (χ2v) is 5.59. The maximum absolute atomic E-state index is 14.0. The zero-order chi connectivity index (χ0) is 14.7. The van der Waals surface area contributed by atoms with Gasteiger partial charge in [-0.15, -0.1) is 11.3 Å². The smallest absolute Gasteiger partial charge is 0.294 e. The van der Waals surface area contributed by atoms with Gasteiger partial charge in [-0.3, -0.25) is 15.0 Å². The molecule has 0 aliphatic heterocycles. The van der Waals surface area contributed by atoms with Gasteiger partial charge in [0.05, 0.1) is 4.92 Å². The fourth-order valence-corrected chi connectivity index (χ4v) is 2.83. The summed E-state index contributed by atoms with van der Waals surface area (Å²) >= 11 is 1.64. The molecular formula is C14H15FN2O2S. The molecule has 20 heavy (non-hydrogen) atoms. The van der Waals surface area contributed by atoms with Crippen LogP contribution in [-0.4, -0.2) is 16.9 Å². The van der Waals surface area contributed by atoms with Crippen molar-refractivity contribution < 1.29 is 9.31 Å². The first kappa shape index (κ1) is 14.6. The van der Waals surface area contributed by atoms with Crippen LogP contribution in [0.2, 0.25) is 0 Å². The van der Waals surface area contributed by atoms with Crippen LogP contribution in [0.3, 0.4) is 0 Å². The Morgan fingerprint density at radius 3 is 2.75 bits per heavy atom. The molecule has 0 aliphatic carbocycles. The van der Waals surface area contributed by atoms with Crippen molar-refractivity contribution in [3.8, 4) is 0 Å². The van der Waals surface area contributed by atoms with Crippen molar-refractivity contribution in [2.75, 3.05) is 7.05 Å². The Morgan fingerprint density at radius 1 is 1.40 bits per heavy atom. The van der Waals surface area contributed by atoms with E-state index in [1.165, 1.54) is 17.0 Å². The molecule has 4 nitrogen and oxygen atoms in total. The molecule has 0 spiro atoms. The minimum atomic E-state index is -0.747. The van der Waals surface area contributed by atoms with Crippen LogP contribution in [0.15, 0.2) is 35.7 Å². The summed E-state index contributed by atoms with van der Waals surface area (Å²) in [6, 6.07) is 8.41. The summed E-state index contributed by atoms with van der Waals surface area (Å²) in [5.41, 5.74) is -0.134. The van der Waals surface area contributed by atoms with Gasteiger partial charge in [-0.2, -0.15) is 4.39 Å². The molecule has 0 saturated heterocycles. The monoisotopic (exact) mass is 294 g/mol. The SMILES string of the molecule is CC(c1cccs1)N(C)Cc1cccc([N+](=O)[O-])c1F. The minimum Gasteiger partial charge on any atom is -0.294 e. The molecule has 1 heterocycles. The predicted octanol–water partition coefficient (Wildman–Crippen LogP) is 3.99.